The van der Waals surface area contributed by atoms with Crippen molar-refractivity contribution in [2.45, 2.75) is 56.3 Å². The highest BCUT2D eigenvalue weighted by Crippen LogP contribution is 2.43. The summed E-state index contributed by atoms with van der Waals surface area (Å²) in [6.45, 7) is 5.54. The number of carbonyl (C=O) groups is 1. The van der Waals surface area contributed by atoms with Crippen molar-refractivity contribution < 1.29 is 31.1 Å². The molecule has 0 unspecified atom stereocenters. The van der Waals surface area contributed by atoms with E-state index in [0.29, 0.717) is 19.4 Å². The minimum Gasteiger partial charge on any atom is -0.444 e. The second-order valence-electron chi connectivity index (χ2n) is 9.98. The smallest absolute Gasteiger partial charge is 0.417 e. The molecule has 1 heterocycles. The van der Waals surface area contributed by atoms with Crippen LogP contribution in [0.15, 0.2) is 46.3 Å². The Morgan fingerprint density at radius 1 is 1.25 bits per heavy atom. The number of nitrogens with zero attached hydrogens (tertiary/aromatic N) is 3. The fourth-order valence-electron chi connectivity index (χ4n) is 4.21. The molecule has 1 atom stereocenters. The summed E-state index contributed by atoms with van der Waals surface area (Å²) in [5, 5.41) is 10.9. The molecule has 1 fully saturated rings. The number of benzene rings is 2. The molecule has 0 radical (unpaired) electrons. The quantitative estimate of drug-likeness (QED) is 0.174. The number of halogens is 4. The van der Waals surface area contributed by atoms with Gasteiger partial charge in [0.05, 0.1) is 26.9 Å². The van der Waals surface area contributed by atoms with Gasteiger partial charge in [-0.15, -0.1) is 0 Å². The number of nitrogens with one attached hydrogen (secondary N) is 1. The van der Waals surface area contributed by atoms with Gasteiger partial charge < -0.3 is 9.64 Å². The number of sulfone groups is 1. The Bertz CT molecular complexity index is 1430. The van der Waals surface area contributed by atoms with Gasteiger partial charge in [-0.25, -0.2) is 18.2 Å². The first kappa shape index (κ1) is 31.6. The third-order valence-electron chi connectivity index (χ3n) is 5.89. The minimum atomic E-state index is -4.80. The largest absolute Gasteiger partial charge is 0.444 e. The molecule has 1 amide bonds. The van der Waals surface area contributed by atoms with E-state index in [0.717, 1.165) is 17.8 Å². The van der Waals surface area contributed by atoms with E-state index in [9.17, 15) is 26.4 Å². The van der Waals surface area contributed by atoms with Gasteiger partial charge in [0.2, 0.25) is 0 Å². The third-order valence-corrected chi connectivity index (χ3v) is 8.58. The van der Waals surface area contributed by atoms with Crippen molar-refractivity contribution in [3.05, 3.63) is 47.0 Å². The average molecular weight is 617 g/mol. The summed E-state index contributed by atoms with van der Waals surface area (Å²) >= 11 is 7.32. The molecule has 2 aromatic rings. The molecule has 216 valence electrons. The molecule has 0 bridgehead atoms. The molecule has 1 saturated heterocycles. The third kappa shape index (κ3) is 7.83. The predicted octanol–water partition coefficient (Wildman–Crippen LogP) is 6.62. The summed E-state index contributed by atoms with van der Waals surface area (Å²) in [5.41, 5.74) is -2.18. The fourth-order valence-corrected chi connectivity index (χ4v) is 6.48. The van der Waals surface area contributed by atoms with E-state index in [4.69, 9.17) is 21.6 Å². The van der Waals surface area contributed by atoms with Crippen molar-refractivity contribution in [3.63, 3.8) is 0 Å². The highest BCUT2D eigenvalue weighted by atomic mass is 35.5. The van der Waals surface area contributed by atoms with Crippen molar-refractivity contribution in [2.24, 2.45) is 4.99 Å². The zero-order chi connectivity index (χ0) is 29.9. The molecule has 1 N–H and O–H groups in total. The maximum Gasteiger partial charge on any atom is 0.417 e. The molecule has 3 rings (SSSR count). The summed E-state index contributed by atoms with van der Waals surface area (Å²) < 4.78 is 73.9. The summed E-state index contributed by atoms with van der Waals surface area (Å²) in [5.74, 6) is -0.346. The first-order chi connectivity index (χ1) is 18.6. The predicted molar refractivity (Wildman–Crippen MR) is 149 cm³/mol. The first-order valence-corrected chi connectivity index (χ1v) is 15.3. The summed E-state index contributed by atoms with van der Waals surface area (Å²) in [6.07, 6.45) is -1.02. The molecule has 1 aliphatic rings. The highest BCUT2D eigenvalue weighted by Gasteiger charge is 2.37. The molecule has 40 heavy (non-hydrogen) atoms. The van der Waals surface area contributed by atoms with Crippen LogP contribution in [0.5, 0.6) is 0 Å². The number of amidine groups is 1. The van der Waals surface area contributed by atoms with E-state index in [1.54, 1.807) is 33.2 Å². The molecule has 0 saturated carbocycles. The zero-order valence-electron chi connectivity index (χ0n) is 22.2. The van der Waals surface area contributed by atoms with Gasteiger partial charge in [-0.3, -0.25) is 5.32 Å². The van der Waals surface area contributed by atoms with Crippen LogP contribution in [0.1, 0.15) is 39.2 Å². The van der Waals surface area contributed by atoms with Gasteiger partial charge in [0.25, 0.3) is 0 Å². The normalized spacial score (nSPS) is 16.5. The molecule has 0 spiro atoms. The Kier molecular flexibility index (Phi) is 9.70. The summed E-state index contributed by atoms with van der Waals surface area (Å²) in [6, 6.07) is 6.43. The number of rotatable bonds is 5. The number of alkyl halides is 3. The summed E-state index contributed by atoms with van der Waals surface area (Å²) in [7, 11) is -3.89. The molecule has 1 aliphatic heterocycles. The standard InChI is InChI=1S/C26H28ClF3N4O4S2/c1-25(2,3)38-24(35)34-11-5-6-18(34)14-40(36,37)19-9-7-16(8-10-19)22-20(26(28,29)30)12-17(13-21(22)27)33-23(39-4)32-15-31/h7-10,12-13,18H,5-6,11,14H2,1-4H3,(H,32,33)/t18-/m0/s1. The molecular formula is C26H28ClF3N4O4S2. The van der Waals surface area contributed by atoms with Crippen LogP contribution >= 0.6 is 23.4 Å². The van der Waals surface area contributed by atoms with E-state index in [2.05, 4.69) is 10.3 Å². The lowest BCUT2D eigenvalue weighted by Crippen LogP contribution is -2.42. The Morgan fingerprint density at radius 2 is 1.90 bits per heavy atom. The lowest BCUT2D eigenvalue weighted by Gasteiger charge is -2.28. The van der Waals surface area contributed by atoms with Gasteiger partial charge in [-0.05, 0) is 69.7 Å². The van der Waals surface area contributed by atoms with Crippen LogP contribution in [0.25, 0.3) is 11.1 Å². The fraction of sp³-hybridized carbons (Fsp3) is 0.423. The van der Waals surface area contributed by atoms with E-state index in [-0.39, 0.29) is 37.7 Å². The number of amides is 1. The number of ether oxygens (including phenoxy) is 1. The van der Waals surface area contributed by atoms with Crippen molar-refractivity contribution in [1.29, 1.82) is 5.26 Å². The van der Waals surface area contributed by atoms with E-state index < -0.39 is 39.3 Å². The number of nitriles is 1. The Labute approximate surface area is 240 Å². The van der Waals surface area contributed by atoms with Crippen LogP contribution in [0.2, 0.25) is 5.02 Å². The Morgan fingerprint density at radius 3 is 2.45 bits per heavy atom. The monoisotopic (exact) mass is 616 g/mol. The van der Waals surface area contributed by atoms with Crippen LogP contribution in [0, 0.1) is 11.5 Å². The SMILES string of the molecule is CSC(=Nc1cc(Cl)c(-c2ccc(S(=O)(=O)C[C@@H]3CCCN3C(=O)OC(C)(C)C)cc2)c(C(F)(F)F)c1)NC#N. The van der Waals surface area contributed by atoms with Crippen molar-refractivity contribution >= 4 is 50.1 Å². The zero-order valence-corrected chi connectivity index (χ0v) is 24.6. The number of hydrogen-bond acceptors (Lipinski definition) is 7. The van der Waals surface area contributed by atoms with Crippen LogP contribution < -0.4 is 5.32 Å². The highest BCUT2D eigenvalue weighted by molar-refractivity contribution is 8.13. The van der Waals surface area contributed by atoms with Crippen molar-refractivity contribution in [2.75, 3.05) is 18.6 Å². The van der Waals surface area contributed by atoms with Gasteiger partial charge in [0.1, 0.15) is 5.60 Å². The van der Waals surface area contributed by atoms with Crippen molar-refractivity contribution in [1.82, 2.24) is 10.2 Å². The van der Waals surface area contributed by atoms with Crippen molar-refractivity contribution in [3.8, 4) is 17.3 Å². The van der Waals surface area contributed by atoms with Crippen LogP contribution in [0.4, 0.5) is 23.7 Å². The van der Waals surface area contributed by atoms with Gasteiger partial charge in [-0.1, -0.05) is 35.5 Å². The van der Waals surface area contributed by atoms with Gasteiger partial charge in [0, 0.05) is 18.2 Å². The van der Waals surface area contributed by atoms with E-state index in [1.165, 1.54) is 35.2 Å². The molecule has 2 aromatic carbocycles. The minimum absolute atomic E-state index is 0.0586. The number of hydrogen-bond donors (Lipinski definition) is 1. The average Bonchev–Trinajstić information content (AvgIpc) is 3.29. The number of aliphatic imine (C=N–C) groups is 1. The Hall–Kier alpha value is -2.95. The topological polar surface area (TPSA) is 112 Å². The lowest BCUT2D eigenvalue weighted by molar-refractivity contribution is -0.137. The van der Waals surface area contributed by atoms with Gasteiger partial charge >= 0.3 is 12.3 Å². The maximum atomic E-state index is 14.0. The molecule has 0 aliphatic carbocycles. The van der Waals surface area contributed by atoms with Gasteiger partial charge in [-0.2, -0.15) is 18.4 Å². The van der Waals surface area contributed by atoms with E-state index in [1.807, 2.05) is 0 Å². The Balaban J connectivity index is 1.92. The van der Waals surface area contributed by atoms with Gasteiger partial charge in [0.15, 0.2) is 21.2 Å². The lowest BCUT2D eigenvalue weighted by atomic mass is 9.98. The molecule has 14 heteroatoms. The second-order valence-corrected chi connectivity index (χ2v) is 13.2. The number of thioether (sulfide) groups is 1. The number of likely N-dealkylation sites (tertiary alicyclic amines) is 1. The maximum absolute atomic E-state index is 14.0. The molecular weight excluding hydrogens is 589 g/mol. The number of carbonyl (C=O) groups excluding carboxylic acids is 1. The molecule has 0 aromatic heterocycles. The van der Waals surface area contributed by atoms with Crippen LogP contribution in [0.3, 0.4) is 0 Å². The van der Waals surface area contributed by atoms with Crippen LogP contribution in [-0.4, -0.2) is 54.8 Å². The van der Waals surface area contributed by atoms with E-state index >= 15 is 0 Å². The second kappa shape index (κ2) is 12.3. The first-order valence-electron chi connectivity index (χ1n) is 12.1. The molecule has 8 nitrogen and oxygen atoms in total. The van der Waals surface area contributed by atoms with Crippen LogP contribution in [-0.2, 0) is 20.8 Å². The summed E-state index contributed by atoms with van der Waals surface area (Å²) in [4.78, 5) is 17.9.